The van der Waals surface area contributed by atoms with Crippen molar-refractivity contribution >= 4 is 11.5 Å². The molecule has 1 aromatic heterocycles. The zero-order chi connectivity index (χ0) is 11.1. The van der Waals surface area contributed by atoms with Gasteiger partial charge in [-0.3, -0.25) is 0 Å². The molecule has 80 valence electrons. The van der Waals surface area contributed by atoms with Gasteiger partial charge in [-0.15, -0.1) is 0 Å². The minimum absolute atomic E-state index is 0.906. The van der Waals surface area contributed by atoms with E-state index >= 15 is 0 Å². The highest BCUT2D eigenvalue weighted by Crippen LogP contribution is 2.20. The lowest BCUT2D eigenvalue weighted by atomic mass is 10.2. The fraction of sp³-hybridized carbons (Fsp3) is 0.333. The smallest absolute Gasteiger partial charge is 0.144 e. The standard InChI is InChI=1S/C10H10N2S.C2H6/c1-2-9-11-10(13-12-9)8-6-4-3-5-7-8;1-2/h3-7H,2H2,1H3;1-2H3. The van der Waals surface area contributed by atoms with E-state index in [1.807, 2.05) is 32.0 Å². The predicted octanol–water partition coefficient (Wildman–Crippen LogP) is 3.79. The molecule has 15 heavy (non-hydrogen) atoms. The van der Waals surface area contributed by atoms with Crippen LogP contribution in [0.5, 0.6) is 0 Å². The third-order valence-electron chi connectivity index (χ3n) is 1.81. The molecule has 0 aliphatic heterocycles. The molecule has 1 aromatic carbocycles. The Hall–Kier alpha value is -1.22. The number of aryl methyl sites for hydroxylation is 1. The average molecular weight is 220 g/mol. The second kappa shape index (κ2) is 6.30. The van der Waals surface area contributed by atoms with Crippen LogP contribution < -0.4 is 0 Å². The highest BCUT2D eigenvalue weighted by atomic mass is 32.1. The van der Waals surface area contributed by atoms with Crippen molar-refractivity contribution in [3.05, 3.63) is 36.2 Å². The molecule has 2 rings (SSSR count). The van der Waals surface area contributed by atoms with Gasteiger partial charge in [0, 0.05) is 12.0 Å². The molecule has 0 aliphatic rings. The Kier molecular flexibility index (Phi) is 4.98. The molecule has 0 saturated heterocycles. The van der Waals surface area contributed by atoms with Crippen molar-refractivity contribution in [2.75, 3.05) is 0 Å². The Morgan fingerprint density at radius 1 is 1.13 bits per heavy atom. The first-order valence-corrected chi connectivity index (χ1v) is 6.05. The summed E-state index contributed by atoms with van der Waals surface area (Å²) in [6.07, 6.45) is 0.906. The molecule has 0 saturated carbocycles. The monoisotopic (exact) mass is 220 g/mol. The summed E-state index contributed by atoms with van der Waals surface area (Å²) in [7, 11) is 0. The normalized spacial score (nSPS) is 9.27. The maximum atomic E-state index is 4.41. The van der Waals surface area contributed by atoms with E-state index in [1.54, 1.807) is 0 Å². The summed E-state index contributed by atoms with van der Waals surface area (Å²) in [6.45, 7) is 6.07. The summed E-state index contributed by atoms with van der Waals surface area (Å²) in [6, 6.07) is 10.1. The van der Waals surface area contributed by atoms with Gasteiger partial charge in [0.1, 0.15) is 10.8 Å². The van der Waals surface area contributed by atoms with Gasteiger partial charge in [-0.25, -0.2) is 4.98 Å². The van der Waals surface area contributed by atoms with Crippen LogP contribution in [-0.2, 0) is 6.42 Å². The largest absolute Gasteiger partial charge is 0.219 e. The van der Waals surface area contributed by atoms with E-state index in [0.717, 1.165) is 22.8 Å². The molecule has 0 radical (unpaired) electrons. The van der Waals surface area contributed by atoms with Crippen LogP contribution in [0.15, 0.2) is 30.3 Å². The van der Waals surface area contributed by atoms with E-state index in [9.17, 15) is 0 Å². The van der Waals surface area contributed by atoms with Crippen molar-refractivity contribution in [1.82, 2.24) is 9.36 Å². The Labute approximate surface area is 95.2 Å². The summed E-state index contributed by atoms with van der Waals surface area (Å²) in [4.78, 5) is 4.41. The Morgan fingerprint density at radius 3 is 2.33 bits per heavy atom. The number of rotatable bonds is 2. The molecular formula is C12H16N2S. The summed E-state index contributed by atoms with van der Waals surface area (Å²) in [5.74, 6) is 0.934. The fourth-order valence-corrected chi connectivity index (χ4v) is 1.85. The zero-order valence-electron chi connectivity index (χ0n) is 9.40. The number of nitrogens with zero attached hydrogens (tertiary/aromatic N) is 2. The summed E-state index contributed by atoms with van der Waals surface area (Å²) in [5.41, 5.74) is 1.15. The van der Waals surface area contributed by atoms with E-state index in [0.29, 0.717) is 0 Å². The van der Waals surface area contributed by atoms with Crippen LogP contribution in [0, 0.1) is 0 Å². The molecule has 0 spiro atoms. The van der Waals surface area contributed by atoms with Gasteiger partial charge in [0.2, 0.25) is 0 Å². The molecular weight excluding hydrogens is 204 g/mol. The van der Waals surface area contributed by atoms with Crippen molar-refractivity contribution in [1.29, 1.82) is 0 Å². The first kappa shape index (κ1) is 11.9. The quantitative estimate of drug-likeness (QED) is 0.769. The topological polar surface area (TPSA) is 25.8 Å². The minimum atomic E-state index is 0.906. The lowest BCUT2D eigenvalue weighted by molar-refractivity contribution is 1.00. The minimum Gasteiger partial charge on any atom is -0.219 e. The predicted molar refractivity (Wildman–Crippen MR) is 66.1 cm³/mol. The number of hydrogen-bond donors (Lipinski definition) is 0. The SMILES string of the molecule is CC.CCc1nsc(-c2ccccc2)n1. The van der Waals surface area contributed by atoms with Crippen LogP contribution in [0.1, 0.15) is 26.6 Å². The van der Waals surface area contributed by atoms with Crippen LogP contribution in [-0.4, -0.2) is 9.36 Å². The Bertz CT molecular complexity index is 382. The van der Waals surface area contributed by atoms with Crippen LogP contribution >= 0.6 is 11.5 Å². The highest BCUT2D eigenvalue weighted by Gasteiger charge is 2.03. The lowest BCUT2D eigenvalue weighted by Crippen LogP contribution is -1.81. The van der Waals surface area contributed by atoms with Crippen LogP contribution in [0.3, 0.4) is 0 Å². The van der Waals surface area contributed by atoms with Gasteiger partial charge in [-0.1, -0.05) is 51.1 Å². The molecule has 0 aliphatic carbocycles. The van der Waals surface area contributed by atoms with Gasteiger partial charge in [-0.2, -0.15) is 4.37 Å². The molecule has 0 fully saturated rings. The first-order chi connectivity index (χ1) is 7.40. The van der Waals surface area contributed by atoms with Crippen LogP contribution in [0.25, 0.3) is 10.6 Å². The van der Waals surface area contributed by atoms with Gasteiger partial charge >= 0.3 is 0 Å². The van der Waals surface area contributed by atoms with E-state index < -0.39 is 0 Å². The van der Waals surface area contributed by atoms with Gasteiger partial charge in [0.25, 0.3) is 0 Å². The first-order valence-electron chi connectivity index (χ1n) is 5.28. The Balaban J connectivity index is 0.000000531. The number of aromatic nitrogens is 2. The molecule has 3 heteroatoms. The van der Waals surface area contributed by atoms with E-state index in [2.05, 4.69) is 28.4 Å². The number of hydrogen-bond acceptors (Lipinski definition) is 3. The molecule has 2 nitrogen and oxygen atoms in total. The zero-order valence-corrected chi connectivity index (χ0v) is 10.2. The third-order valence-corrected chi connectivity index (χ3v) is 2.61. The second-order valence-corrected chi connectivity index (χ2v) is 3.49. The van der Waals surface area contributed by atoms with E-state index in [-0.39, 0.29) is 0 Å². The summed E-state index contributed by atoms with van der Waals surface area (Å²) in [5, 5.41) is 1.01. The van der Waals surface area contributed by atoms with Gasteiger partial charge < -0.3 is 0 Å². The molecule has 0 N–H and O–H groups in total. The molecule has 2 aromatic rings. The van der Waals surface area contributed by atoms with Gasteiger partial charge in [0.05, 0.1) is 0 Å². The van der Waals surface area contributed by atoms with E-state index in [4.69, 9.17) is 0 Å². The van der Waals surface area contributed by atoms with Crippen LogP contribution in [0.2, 0.25) is 0 Å². The van der Waals surface area contributed by atoms with Crippen molar-refractivity contribution in [2.24, 2.45) is 0 Å². The molecule has 0 unspecified atom stereocenters. The molecule has 0 bridgehead atoms. The van der Waals surface area contributed by atoms with E-state index in [1.165, 1.54) is 11.5 Å². The fourth-order valence-electron chi connectivity index (χ4n) is 1.10. The number of benzene rings is 1. The third kappa shape index (κ3) is 3.13. The van der Waals surface area contributed by atoms with Crippen molar-refractivity contribution in [3.8, 4) is 10.6 Å². The summed E-state index contributed by atoms with van der Waals surface area (Å²) >= 11 is 1.47. The van der Waals surface area contributed by atoms with Crippen molar-refractivity contribution < 1.29 is 0 Å². The lowest BCUT2D eigenvalue weighted by Gasteiger charge is -1.91. The van der Waals surface area contributed by atoms with Gasteiger partial charge in [0.15, 0.2) is 0 Å². The molecule has 1 heterocycles. The highest BCUT2D eigenvalue weighted by molar-refractivity contribution is 7.09. The average Bonchev–Trinajstić information content (AvgIpc) is 2.81. The van der Waals surface area contributed by atoms with Crippen molar-refractivity contribution in [3.63, 3.8) is 0 Å². The maximum Gasteiger partial charge on any atom is 0.144 e. The van der Waals surface area contributed by atoms with Crippen molar-refractivity contribution in [2.45, 2.75) is 27.2 Å². The molecule has 0 amide bonds. The second-order valence-electron chi connectivity index (χ2n) is 2.74. The Morgan fingerprint density at radius 2 is 1.80 bits per heavy atom. The summed E-state index contributed by atoms with van der Waals surface area (Å²) < 4.78 is 4.24. The van der Waals surface area contributed by atoms with Gasteiger partial charge in [-0.05, 0) is 11.5 Å². The molecule has 0 atom stereocenters. The van der Waals surface area contributed by atoms with Crippen LogP contribution in [0.4, 0.5) is 0 Å². The maximum absolute atomic E-state index is 4.41.